The van der Waals surface area contributed by atoms with Crippen molar-refractivity contribution in [2.24, 2.45) is 5.92 Å². The van der Waals surface area contributed by atoms with Crippen molar-refractivity contribution in [1.82, 2.24) is 5.32 Å². The van der Waals surface area contributed by atoms with Crippen LogP contribution in [0.1, 0.15) is 45.1 Å². The number of nitrogens with one attached hydrogen (secondary N) is 1. The van der Waals surface area contributed by atoms with Gasteiger partial charge in [-0.25, -0.2) is 4.39 Å². The van der Waals surface area contributed by atoms with Gasteiger partial charge in [0.2, 0.25) is 0 Å². The van der Waals surface area contributed by atoms with Gasteiger partial charge in [-0.1, -0.05) is 44.4 Å². The molecule has 1 unspecified atom stereocenters. The van der Waals surface area contributed by atoms with Crippen LogP contribution in [-0.4, -0.2) is 13.1 Å². The molecule has 0 bridgehead atoms. The summed E-state index contributed by atoms with van der Waals surface area (Å²) in [5.74, 6) is 0.412. The molecule has 19 heavy (non-hydrogen) atoms. The van der Waals surface area contributed by atoms with Crippen molar-refractivity contribution < 1.29 is 4.39 Å². The van der Waals surface area contributed by atoms with Crippen LogP contribution in [0, 0.1) is 11.7 Å². The molecule has 1 atom stereocenters. The molecule has 108 valence electrons. The molecule has 0 fully saturated rings. The molecule has 3 heteroatoms. The van der Waals surface area contributed by atoms with Crippen LogP contribution in [0.15, 0.2) is 18.2 Å². The topological polar surface area (TPSA) is 12.0 Å². The fourth-order valence-corrected chi connectivity index (χ4v) is 2.88. The summed E-state index contributed by atoms with van der Waals surface area (Å²) in [5, 5.41) is 3.82. The zero-order valence-corrected chi connectivity index (χ0v) is 12.9. The van der Waals surface area contributed by atoms with Crippen molar-refractivity contribution in [3.05, 3.63) is 34.6 Å². The summed E-state index contributed by atoms with van der Waals surface area (Å²) in [6.07, 6.45) is 5.45. The Kier molecular flexibility index (Phi) is 7.40. The van der Waals surface area contributed by atoms with Gasteiger partial charge in [0.25, 0.3) is 0 Å². The molecule has 0 amide bonds. The summed E-state index contributed by atoms with van der Waals surface area (Å²) in [6, 6.07) is 5.30. The Bertz CT molecular complexity index is 375. The molecule has 0 saturated heterocycles. The van der Waals surface area contributed by atoms with E-state index in [1.165, 1.54) is 31.7 Å². The van der Waals surface area contributed by atoms with E-state index in [2.05, 4.69) is 19.2 Å². The second kappa shape index (κ2) is 8.55. The molecule has 1 N–H and O–H groups in total. The lowest BCUT2D eigenvalue weighted by molar-refractivity contribution is 0.320. The maximum absolute atomic E-state index is 13.9. The minimum absolute atomic E-state index is 0.195. The minimum atomic E-state index is -0.195. The molecule has 0 radical (unpaired) electrons. The molecule has 1 rings (SSSR count). The Hall–Kier alpha value is -0.600. The van der Waals surface area contributed by atoms with Crippen molar-refractivity contribution in [1.29, 1.82) is 0 Å². The Morgan fingerprint density at radius 2 is 1.84 bits per heavy atom. The second-order valence-electron chi connectivity index (χ2n) is 5.17. The number of rotatable bonds is 8. The van der Waals surface area contributed by atoms with Crippen molar-refractivity contribution >= 4 is 11.6 Å². The first-order valence-corrected chi connectivity index (χ1v) is 7.61. The first kappa shape index (κ1) is 16.5. The maximum atomic E-state index is 13.9. The van der Waals surface area contributed by atoms with Gasteiger partial charge in [-0.05, 0) is 49.9 Å². The molecule has 0 aromatic heterocycles. The van der Waals surface area contributed by atoms with Crippen LogP contribution in [0.5, 0.6) is 0 Å². The van der Waals surface area contributed by atoms with Crippen LogP contribution < -0.4 is 5.32 Å². The quantitative estimate of drug-likeness (QED) is 0.722. The van der Waals surface area contributed by atoms with Gasteiger partial charge >= 0.3 is 0 Å². The van der Waals surface area contributed by atoms with E-state index in [9.17, 15) is 4.39 Å². The van der Waals surface area contributed by atoms with Crippen LogP contribution in [0.4, 0.5) is 4.39 Å². The molecular weight excluding hydrogens is 261 g/mol. The van der Waals surface area contributed by atoms with Crippen molar-refractivity contribution in [2.45, 2.75) is 52.0 Å². The minimum Gasteiger partial charge on any atom is -0.316 e. The summed E-state index contributed by atoms with van der Waals surface area (Å²) in [6.45, 7) is 4.41. The predicted molar refractivity (Wildman–Crippen MR) is 81.3 cm³/mol. The lowest BCUT2D eigenvalue weighted by atomic mass is 9.86. The fraction of sp³-hybridized carbons (Fsp3) is 0.625. The molecule has 0 aliphatic carbocycles. The van der Waals surface area contributed by atoms with E-state index in [-0.39, 0.29) is 5.82 Å². The smallest absolute Gasteiger partial charge is 0.127 e. The maximum Gasteiger partial charge on any atom is 0.127 e. The van der Waals surface area contributed by atoms with Crippen LogP contribution >= 0.6 is 11.6 Å². The third-order valence-corrected chi connectivity index (χ3v) is 3.95. The largest absolute Gasteiger partial charge is 0.316 e. The number of hydrogen-bond acceptors (Lipinski definition) is 1. The summed E-state index contributed by atoms with van der Waals surface area (Å²) in [4.78, 5) is 0. The van der Waals surface area contributed by atoms with Gasteiger partial charge in [0, 0.05) is 11.1 Å². The number of halogens is 2. The summed E-state index contributed by atoms with van der Waals surface area (Å²) in [5.41, 5.74) is 0.751. The first-order valence-electron chi connectivity index (χ1n) is 7.23. The Morgan fingerprint density at radius 1 is 1.21 bits per heavy atom. The van der Waals surface area contributed by atoms with Crippen LogP contribution in [0.25, 0.3) is 0 Å². The zero-order chi connectivity index (χ0) is 14.3. The fourth-order valence-electron chi connectivity index (χ4n) is 2.72. The van der Waals surface area contributed by atoms with Crippen LogP contribution in [0.3, 0.4) is 0 Å². The van der Waals surface area contributed by atoms with E-state index in [0.717, 1.165) is 12.0 Å². The summed E-state index contributed by atoms with van der Waals surface area (Å²) < 4.78 is 13.9. The highest BCUT2D eigenvalue weighted by Gasteiger charge is 2.20. The molecule has 1 aromatic carbocycles. The lowest BCUT2D eigenvalue weighted by Crippen LogP contribution is -2.35. The third-order valence-electron chi connectivity index (χ3n) is 3.71. The van der Waals surface area contributed by atoms with E-state index in [1.807, 2.05) is 7.05 Å². The molecule has 0 aliphatic heterocycles. The van der Waals surface area contributed by atoms with E-state index in [1.54, 1.807) is 12.1 Å². The number of likely N-dealkylation sites (N-methyl/N-ethyl adjacent to an activating group) is 1. The SMILES string of the molecule is CCCC(CCC)C(Cc1ccc(Cl)cc1F)NC. The van der Waals surface area contributed by atoms with E-state index >= 15 is 0 Å². The van der Waals surface area contributed by atoms with Gasteiger partial charge in [0.1, 0.15) is 5.82 Å². The van der Waals surface area contributed by atoms with Crippen molar-refractivity contribution in [3.8, 4) is 0 Å². The number of hydrogen-bond donors (Lipinski definition) is 1. The number of benzene rings is 1. The van der Waals surface area contributed by atoms with Crippen molar-refractivity contribution in [3.63, 3.8) is 0 Å². The Labute approximate surface area is 121 Å². The Balaban J connectivity index is 2.78. The van der Waals surface area contributed by atoms with Gasteiger partial charge in [0.05, 0.1) is 0 Å². The summed E-state index contributed by atoms with van der Waals surface area (Å²) in [7, 11) is 1.97. The standard InChI is InChI=1S/C16H25ClFN/c1-4-6-12(7-5-2)16(19-3)10-13-8-9-14(17)11-15(13)18/h8-9,11-12,16,19H,4-7,10H2,1-3H3. The zero-order valence-electron chi connectivity index (χ0n) is 12.2. The molecule has 1 aromatic rings. The van der Waals surface area contributed by atoms with Gasteiger partial charge < -0.3 is 5.32 Å². The monoisotopic (exact) mass is 285 g/mol. The molecule has 0 spiro atoms. The summed E-state index contributed by atoms with van der Waals surface area (Å²) >= 11 is 5.79. The molecule has 0 saturated carbocycles. The lowest BCUT2D eigenvalue weighted by Gasteiger charge is -2.27. The third kappa shape index (κ3) is 5.12. The van der Waals surface area contributed by atoms with E-state index in [0.29, 0.717) is 17.0 Å². The highest BCUT2D eigenvalue weighted by molar-refractivity contribution is 6.30. The van der Waals surface area contributed by atoms with Gasteiger partial charge in [-0.15, -0.1) is 0 Å². The normalized spacial score (nSPS) is 12.9. The molecule has 0 heterocycles. The second-order valence-corrected chi connectivity index (χ2v) is 5.61. The highest BCUT2D eigenvalue weighted by atomic mass is 35.5. The average molecular weight is 286 g/mol. The van der Waals surface area contributed by atoms with Gasteiger partial charge in [0.15, 0.2) is 0 Å². The molecular formula is C16H25ClFN. The first-order chi connectivity index (χ1) is 9.12. The molecule has 0 aliphatic rings. The van der Waals surface area contributed by atoms with E-state index in [4.69, 9.17) is 11.6 Å². The molecule has 1 nitrogen and oxygen atoms in total. The van der Waals surface area contributed by atoms with Crippen LogP contribution in [-0.2, 0) is 6.42 Å². The van der Waals surface area contributed by atoms with Crippen molar-refractivity contribution in [2.75, 3.05) is 7.05 Å². The Morgan fingerprint density at radius 3 is 2.32 bits per heavy atom. The van der Waals surface area contributed by atoms with E-state index < -0.39 is 0 Å². The predicted octanol–water partition coefficient (Wildman–Crippen LogP) is 4.83. The van der Waals surface area contributed by atoms with Gasteiger partial charge in [-0.2, -0.15) is 0 Å². The average Bonchev–Trinajstić information content (AvgIpc) is 2.38. The van der Waals surface area contributed by atoms with Gasteiger partial charge in [-0.3, -0.25) is 0 Å². The highest BCUT2D eigenvalue weighted by Crippen LogP contribution is 2.23. The van der Waals surface area contributed by atoms with Crippen LogP contribution in [0.2, 0.25) is 5.02 Å².